The van der Waals surface area contributed by atoms with Crippen LogP contribution in [0.2, 0.25) is 0 Å². The van der Waals surface area contributed by atoms with E-state index in [4.69, 9.17) is 4.42 Å². The van der Waals surface area contributed by atoms with Gasteiger partial charge >= 0.3 is 0 Å². The van der Waals surface area contributed by atoms with Crippen LogP contribution in [0.1, 0.15) is 11.4 Å². The van der Waals surface area contributed by atoms with Gasteiger partial charge < -0.3 is 9.73 Å². The number of aryl methyl sites for hydroxylation is 2. The lowest BCUT2D eigenvalue weighted by Crippen LogP contribution is -2.06. The third-order valence-electron chi connectivity index (χ3n) is 2.24. The van der Waals surface area contributed by atoms with Crippen molar-refractivity contribution in [3.63, 3.8) is 0 Å². The summed E-state index contributed by atoms with van der Waals surface area (Å²) in [5.74, 6) is 0.801. The Morgan fingerprint density at radius 2 is 2.33 bits per heavy atom. The molecule has 5 nitrogen and oxygen atoms in total. The zero-order valence-electron chi connectivity index (χ0n) is 9.11. The maximum absolute atomic E-state index is 5.39. The SMILES string of the molecule is CNCc1ncoc1-c1cn(C)nc1C. The van der Waals surface area contributed by atoms with Gasteiger partial charge in [0.2, 0.25) is 0 Å². The lowest BCUT2D eigenvalue weighted by Gasteiger charge is -1.97. The van der Waals surface area contributed by atoms with E-state index in [1.54, 1.807) is 4.68 Å². The van der Waals surface area contributed by atoms with E-state index in [1.165, 1.54) is 6.39 Å². The Morgan fingerprint density at radius 3 is 2.93 bits per heavy atom. The number of hydrogen-bond acceptors (Lipinski definition) is 4. The van der Waals surface area contributed by atoms with Gasteiger partial charge in [-0.15, -0.1) is 0 Å². The van der Waals surface area contributed by atoms with Crippen molar-refractivity contribution in [2.75, 3.05) is 7.05 Å². The molecule has 2 aromatic rings. The van der Waals surface area contributed by atoms with Gasteiger partial charge in [0.1, 0.15) is 5.69 Å². The van der Waals surface area contributed by atoms with Crippen LogP contribution in [-0.2, 0) is 13.6 Å². The quantitative estimate of drug-likeness (QED) is 0.817. The summed E-state index contributed by atoms with van der Waals surface area (Å²) >= 11 is 0. The summed E-state index contributed by atoms with van der Waals surface area (Å²) < 4.78 is 7.17. The Hall–Kier alpha value is -1.62. The Kier molecular flexibility index (Phi) is 2.55. The summed E-state index contributed by atoms with van der Waals surface area (Å²) in [6.07, 6.45) is 3.41. The molecule has 0 spiro atoms. The van der Waals surface area contributed by atoms with E-state index in [2.05, 4.69) is 15.4 Å². The average molecular weight is 206 g/mol. The van der Waals surface area contributed by atoms with Crippen LogP contribution in [0.15, 0.2) is 17.0 Å². The lowest BCUT2D eigenvalue weighted by atomic mass is 10.2. The van der Waals surface area contributed by atoms with E-state index in [0.717, 1.165) is 22.7 Å². The summed E-state index contributed by atoms with van der Waals surface area (Å²) in [7, 11) is 3.78. The highest BCUT2D eigenvalue weighted by Crippen LogP contribution is 2.25. The molecule has 0 aromatic carbocycles. The summed E-state index contributed by atoms with van der Waals surface area (Å²) in [5.41, 5.74) is 2.86. The number of nitrogens with one attached hydrogen (secondary N) is 1. The van der Waals surface area contributed by atoms with Crippen LogP contribution in [0.3, 0.4) is 0 Å². The number of aromatic nitrogens is 3. The van der Waals surface area contributed by atoms with Crippen LogP contribution in [0.4, 0.5) is 0 Å². The topological polar surface area (TPSA) is 55.9 Å². The Bertz CT molecular complexity index is 458. The third kappa shape index (κ3) is 1.78. The van der Waals surface area contributed by atoms with Gasteiger partial charge in [-0.25, -0.2) is 4.98 Å². The zero-order valence-corrected chi connectivity index (χ0v) is 9.11. The van der Waals surface area contributed by atoms with Crippen molar-refractivity contribution in [1.29, 1.82) is 0 Å². The van der Waals surface area contributed by atoms with Gasteiger partial charge in [0, 0.05) is 19.8 Å². The van der Waals surface area contributed by atoms with E-state index in [0.29, 0.717) is 6.54 Å². The molecule has 0 aliphatic carbocycles. The van der Waals surface area contributed by atoms with Crippen molar-refractivity contribution in [3.8, 4) is 11.3 Å². The van der Waals surface area contributed by atoms with Crippen LogP contribution in [-0.4, -0.2) is 21.8 Å². The highest BCUT2D eigenvalue weighted by molar-refractivity contribution is 5.61. The fourth-order valence-corrected chi connectivity index (χ4v) is 1.60. The van der Waals surface area contributed by atoms with E-state index >= 15 is 0 Å². The molecule has 0 unspecified atom stereocenters. The number of oxazole rings is 1. The molecular weight excluding hydrogens is 192 g/mol. The van der Waals surface area contributed by atoms with E-state index in [-0.39, 0.29) is 0 Å². The number of nitrogens with zero attached hydrogens (tertiary/aromatic N) is 3. The summed E-state index contributed by atoms with van der Waals surface area (Å²) in [5, 5.41) is 7.33. The molecular formula is C10H14N4O. The minimum atomic E-state index is 0.695. The molecule has 0 atom stereocenters. The average Bonchev–Trinajstić information content (AvgIpc) is 2.73. The molecule has 0 amide bonds. The van der Waals surface area contributed by atoms with E-state index in [9.17, 15) is 0 Å². The van der Waals surface area contributed by atoms with Crippen molar-refractivity contribution in [2.24, 2.45) is 7.05 Å². The maximum Gasteiger partial charge on any atom is 0.181 e. The molecule has 80 valence electrons. The molecule has 0 fully saturated rings. The molecule has 0 aliphatic heterocycles. The van der Waals surface area contributed by atoms with Crippen molar-refractivity contribution in [2.45, 2.75) is 13.5 Å². The fraction of sp³-hybridized carbons (Fsp3) is 0.400. The summed E-state index contributed by atoms with van der Waals surface area (Å²) in [6.45, 7) is 2.65. The van der Waals surface area contributed by atoms with Gasteiger partial charge in [-0.1, -0.05) is 0 Å². The smallest absolute Gasteiger partial charge is 0.181 e. The molecule has 1 N–H and O–H groups in total. The monoisotopic (exact) mass is 206 g/mol. The standard InChI is InChI=1S/C10H14N4O/c1-7-8(5-14(3)13-7)10-9(4-11-2)12-6-15-10/h5-6,11H,4H2,1-3H3. The van der Waals surface area contributed by atoms with Crippen LogP contribution in [0.5, 0.6) is 0 Å². The van der Waals surface area contributed by atoms with Crippen molar-refractivity contribution in [1.82, 2.24) is 20.1 Å². The van der Waals surface area contributed by atoms with E-state index in [1.807, 2.05) is 27.2 Å². The van der Waals surface area contributed by atoms with Gasteiger partial charge in [0.15, 0.2) is 12.2 Å². The second kappa shape index (κ2) is 3.86. The molecule has 0 aliphatic rings. The molecule has 15 heavy (non-hydrogen) atoms. The van der Waals surface area contributed by atoms with Crippen molar-refractivity contribution >= 4 is 0 Å². The molecule has 2 rings (SSSR count). The minimum Gasteiger partial charge on any atom is -0.443 e. The zero-order chi connectivity index (χ0) is 10.8. The first-order valence-electron chi connectivity index (χ1n) is 4.80. The predicted molar refractivity (Wildman–Crippen MR) is 56.2 cm³/mol. The molecule has 0 saturated carbocycles. The first-order valence-corrected chi connectivity index (χ1v) is 4.80. The van der Waals surface area contributed by atoms with Crippen molar-refractivity contribution < 1.29 is 4.42 Å². The van der Waals surface area contributed by atoms with Gasteiger partial charge in [-0.05, 0) is 14.0 Å². The first kappa shape index (κ1) is 9.92. The highest BCUT2D eigenvalue weighted by Gasteiger charge is 2.14. The number of rotatable bonds is 3. The van der Waals surface area contributed by atoms with Crippen molar-refractivity contribution in [3.05, 3.63) is 24.0 Å². The lowest BCUT2D eigenvalue weighted by molar-refractivity contribution is 0.570. The van der Waals surface area contributed by atoms with Crippen LogP contribution in [0.25, 0.3) is 11.3 Å². The van der Waals surface area contributed by atoms with Crippen LogP contribution in [0, 0.1) is 6.92 Å². The van der Waals surface area contributed by atoms with Crippen LogP contribution < -0.4 is 5.32 Å². The fourth-order valence-electron chi connectivity index (χ4n) is 1.60. The molecule has 2 heterocycles. The summed E-state index contributed by atoms with van der Waals surface area (Å²) in [4.78, 5) is 4.17. The maximum atomic E-state index is 5.39. The Labute approximate surface area is 88.1 Å². The summed E-state index contributed by atoms with van der Waals surface area (Å²) in [6, 6.07) is 0. The Morgan fingerprint density at radius 1 is 1.53 bits per heavy atom. The van der Waals surface area contributed by atoms with Gasteiger partial charge in [-0.2, -0.15) is 5.10 Å². The molecule has 0 bridgehead atoms. The van der Waals surface area contributed by atoms with Gasteiger partial charge in [0.25, 0.3) is 0 Å². The minimum absolute atomic E-state index is 0.695. The second-order valence-corrected chi connectivity index (χ2v) is 3.46. The van der Waals surface area contributed by atoms with Gasteiger partial charge in [0.05, 0.1) is 11.3 Å². The third-order valence-corrected chi connectivity index (χ3v) is 2.24. The predicted octanol–water partition coefficient (Wildman–Crippen LogP) is 1.10. The molecule has 5 heteroatoms. The molecule has 0 saturated heterocycles. The van der Waals surface area contributed by atoms with Gasteiger partial charge in [-0.3, -0.25) is 4.68 Å². The second-order valence-electron chi connectivity index (χ2n) is 3.46. The van der Waals surface area contributed by atoms with E-state index < -0.39 is 0 Å². The Balaban J connectivity index is 2.44. The highest BCUT2D eigenvalue weighted by atomic mass is 16.3. The largest absolute Gasteiger partial charge is 0.443 e. The van der Waals surface area contributed by atoms with Crippen LogP contribution >= 0.6 is 0 Å². The molecule has 0 radical (unpaired) electrons. The normalized spacial score (nSPS) is 10.9. The number of hydrogen-bond donors (Lipinski definition) is 1. The first-order chi connectivity index (χ1) is 7.22. The molecule has 2 aromatic heterocycles.